The van der Waals surface area contributed by atoms with E-state index in [0.29, 0.717) is 18.8 Å². The van der Waals surface area contributed by atoms with Crippen molar-refractivity contribution < 1.29 is 19.7 Å². The number of hydrogen-bond acceptors (Lipinski definition) is 4. The lowest BCUT2D eigenvalue weighted by Gasteiger charge is -2.24. The Morgan fingerprint density at radius 2 is 2.31 bits per heavy atom. The predicted octanol–water partition coefficient (Wildman–Crippen LogP) is 0.436. The van der Waals surface area contributed by atoms with Gasteiger partial charge >= 0.3 is 0 Å². The fraction of sp³-hybridized carbons (Fsp3) is 0.444. The first-order valence-corrected chi connectivity index (χ1v) is 4.17. The van der Waals surface area contributed by atoms with Crippen LogP contribution in [0.1, 0.15) is 12.8 Å². The summed E-state index contributed by atoms with van der Waals surface area (Å²) < 4.78 is 5.16. The van der Waals surface area contributed by atoms with E-state index < -0.39 is 6.10 Å². The lowest BCUT2D eigenvalue weighted by atomic mass is 9.95. The third-order valence-electron chi connectivity index (χ3n) is 2.15. The summed E-state index contributed by atoms with van der Waals surface area (Å²) in [6.45, 7) is 0.328. The molecule has 2 N–H and O–H groups in total. The molecule has 0 aromatic heterocycles. The fourth-order valence-electron chi connectivity index (χ4n) is 1.56. The average molecular weight is 182 g/mol. The molecule has 0 spiro atoms. The summed E-state index contributed by atoms with van der Waals surface area (Å²) in [4.78, 5) is 11.3. The Morgan fingerprint density at radius 1 is 1.54 bits per heavy atom. The molecule has 70 valence electrons. The zero-order chi connectivity index (χ0) is 9.42. The number of ether oxygens (including phenoxy) is 1. The zero-order valence-electron chi connectivity index (χ0n) is 6.99. The van der Waals surface area contributed by atoms with Crippen LogP contribution in [0.4, 0.5) is 0 Å². The van der Waals surface area contributed by atoms with Gasteiger partial charge in [0.25, 0.3) is 0 Å². The van der Waals surface area contributed by atoms with Gasteiger partial charge in [-0.25, -0.2) is 0 Å². The number of aliphatic hydroxyl groups is 2. The van der Waals surface area contributed by atoms with Gasteiger partial charge in [-0.15, -0.1) is 0 Å². The second kappa shape index (κ2) is 2.88. The Morgan fingerprint density at radius 3 is 3.08 bits per heavy atom. The predicted molar refractivity (Wildman–Crippen MR) is 43.9 cm³/mol. The van der Waals surface area contributed by atoms with Gasteiger partial charge in [-0.3, -0.25) is 4.79 Å². The third-order valence-corrected chi connectivity index (χ3v) is 2.15. The first kappa shape index (κ1) is 8.31. The van der Waals surface area contributed by atoms with Crippen LogP contribution in [0.15, 0.2) is 23.2 Å². The van der Waals surface area contributed by atoms with Crippen molar-refractivity contribution in [2.75, 3.05) is 6.61 Å². The summed E-state index contributed by atoms with van der Waals surface area (Å²) in [6.07, 6.45) is 1.12. The second-order valence-corrected chi connectivity index (χ2v) is 3.15. The number of allylic oxidation sites excluding steroid dienone is 1. The molecule has 0 aromatic carbocycles. The van der Waals surface area contributed by atoms with Gasteiger partial charge in [0.15, 0.2) is 5.78 Å². The van der Waals surface area contributed by atoms with Crippen LogP contribution >= 0.6 is 0 Å². The summed E-state index contributed by atoms with van der Waals surface area (Å²) in [6, 6.07) is 0. The average Bonchev–Trinajstić information content (AvgIpc) is 2.02. The molecule has 13 heavy (non-hydrogen) atoms. The summed E-state index contributed by atoms with van der Waals surface area (Å²) in [7, 11) is 0. The normalized spacial score (nSPS) is 27.9. The molecule has 0 bridgehead atoms. The van der Waals surface area contributed by atoms with Crippen molar-refractivity contribution in [2.45, 2.75) is 18.9 Å². The highest BCUT2D eigenvalue weighted by Gasteiger charge is 2.30. The summed E-state index contributed by atoms with van der Waals surface area (Å²) in [5.41, 5.74) is 0.247. The monoisotopic (exact) mass is 182 g/mol. The Balaban J connectivity index is 2.41. The van der Waals surface area contributed by atoms with E-state index in [1.165, 1.54) is 6.08 Å². The number of ketones is 1. The molecule has 1 atom stereocenters. The largest absolute Gasteiger partial charge is 0.511 e. The van der Waals surface area contributed by atoms with Gasteiger partial charge < -0.3 is 14.9 Å². The molecule has 1 heterocycles. The van der Waals surface area contributed by atoms with Gasteiger partial charge in [-0.1, -0.05) is 0 Å². The first-order valence-electron chi connectivity index (χ1n) is 4.17. The number of hydrogen-bond donors (Lipinski definition) is 2. The molecule has 1 aliphatic carbocycles. The van der Waals surface area contributed by atoms with E-state index >= 15 is 0 Å². The molecule has 1 fully saturated rings. The lowest BCUT2D eigenvalue weighted by molar-refractivity contribution is -0.118. The minimum absolute atomic E-state index is 0.0605. The first-order chi connectivity index (χ1) is 6.18. The van der Waals surface area contributed by atoms with Gasteiger partial charge in [-0.05, 0) is 6.08 Å². The number of rotatable bonds is 0. The topological polar surface area (TPSA) is 66.8 Å². The van der Waals surface area contributed by atoms with Gasteiger partial charge in [0.1, 0.15) is 11.5 Å². The Hall–Kier alpha value is -1.29. The van der Waals surface area contributed by atoms with E-state index in [1.54, 1.807) is 0 Å². The van der Waals surface area contributed by atoms with Crippen molar-refractivity contribution in [2.24, 2.45) is 0 Å². The Bertz CT molecular complexity index is 314. The van der Waals surface area contributed by atoms with Crippen molar-refractivity contribution in [3.8, 4) is 0 Å². The molecule has 1 saturated heterocycles. The highest BCUT2D eigenvalue weighted by Crippen LogP contribution is 2.29. The van der Waals surface area contributed by atoms with Crippen molar-refractivity contribution in [3.05, 3.63) is 23.2 Å². The van der Waals surface area contributed by atoms with E-state index in [-0.39, 0.29) is 23.5 Å². The molecular formula is C9H10O4. The number of fused-ring (bicyclic) bond motifs is 1. The summed E-state index contributed by atoms with van der Waals surface area (Å²) >= 11 is 0. The van der Waals surface area contributed by atoms with Gasteiger partial charge in [-0.2, -0.15) is 0 Å². The van der Waals surface area contributed by atoms with Crippen LogP contribution in [0.2, 0.25) is 0 Å². The van der Waals surface area contributed by atoms with Gasteiger partial charge in [0, 0.05) is 12.8 Å². The van der Waals surface area contributed by atoms with Gasteiger partial charge in [0.2, 0.25) is 0 Å². The molecule has 2 aliphatic rings. The molecular weight excluding hydrogens is 172 g/mol. The highest BCUT2D eigenvalue weighted by atomic mass is 16.5. The second-order valence-electron chi connectivity index (χ2n) is 3.15. The number of Topliss-reactive ketones (excluding diaryl/α,β-unsaturated/α-hetero) is 1. The molecule has 2 rings (SSSR count). The van der Waals surface area contributed by atoms with Crippen LogP contribution in [0, 0.1) is 0 Å². The Labute approximate surface area is 75.1 Å². The maximum Gasteiger partial charge on any atom is 0.173 e. The highest BCUT2D eigenvalue weighted by molar-refractivity contribution is 6.00. The van der Waals surface area contributed by atoms with Crippen LogP contribution in [0.3, 0.4) is 0 Å². The van der Waals surface area contributed by atoms with Gasteiger partial charge in [0.05, 0.1) is 18.3 Å². The van der Waals surface area contributed by atoms with Crippen LogP contribution in [-0.4, -0.2) is 28.7 Å². The standard InChI is InChI=1S/C9H10O4/c10-5-3-7(12)9-6(11)1-2-13-8(9)4-5/h4-5,10,12H,1-3H2. The summed E-state index contributed by atoms with van der Waals surface area (Å²) in [5, 5.41) is 18.7. The van der Waals surface area contributed by atoms with E-state index in [0.717, 1.165) is 0 Å². The van der Waals surface area contributed by atoms with Crippen LogP contribution in [-0.2, 0) is 9.53 Å². The maximum atomic E-state index is 11.3. The van der Waals surface area contributed by atoms with E-state index in [2.05, 4.69) is 0 Å². The third kappa shape index (κ3) is 1.33. The molecule has 1 unspecified atom stereocenters. The van der Waals surface area contributed by atoms with Crippen LogP contribution in [0.25, 0.3) is 0 Å². The molecule has 1 aliphatic heterocycles. The molecule has 0 saturated carbocycles. The van der Waals surface area contributed by atoms with Crippen molar-refractivity contribution >= 4 is 5.78 Å². The molecule has 4 heteroatoms. The maximum absolute atomic E-state index is 11.3. The van der Waals surface area contributed by atoms with Crippen molar-refractivity contribution in [1.82, 2.24) is 0 Å². The minimum atomic E-state index is -0.746. The van der Waals surface area contributed by atoms with E-state index in [4.69, 9.17) is 4.74 Å². The molecule has 0 radical (unpaired) electrons. The van der Waals surface area contributed by atoms with Crippen molar-refractivity contribution in [1.29, 1.82) is 0 Å². The summed E-state index contributed by atoms with van der Waals surface area (Å²) in [5.74, 6) is 0.157. The molecule has 0 amide bonds. The number of carbonyl (C=O) groups excluding carboxylic acids is 1. The SMILES string of the molecule is O=C1CCOC2=CC(O)CC(O)=C12. The van der Waals surface area contributed by atoms with E-state index in [9.17, 15) is 15.0 Å². The number of carbonyl (C=O) groups is 1. The Kier molecular flexibility index (Phi) is 1.84. The molecule has 4 nitrogen and oxygen atoms in total. The lowest BCUT2D eigenvalue weighted by Crippen LogP contribution is -2.24. The molecule has 0 aromatic rings. The number of aliphatic hydroxyl groups excluding tert-OH is 2. The zero-order valence-corrected chi connectivity index (χ0v) is 6.99. The fourth-order valence-corrected chi connectivity index (χ4v) is 1.56. The smallest absolute Gasteiger partial charge is 0.173 e. The van der Waals surface area contributed by atoms with E-state index in [1.807, 2.05) is 0 Å². The minimum Gasteiger partial charge on any atom is -0.511 e. The van der Waals surface area contributed by atoms with Crippen LogP contribution < -0.4 is 0 Å². The van der Waals surface area contributed by atoms with Crippen molar-refractivity contribution in [3.63, 3.8) is 0 Å². The van der Waals surface area contributed by atoms with Crippen LogP contribution in [0.5, 0.6) is 0 Å². The quantitative estimate of drug-likeness (QED) is 0.570.